The molecule has 0 amide bonds. The highest BCUT2D eigenvalue weighted by molar-refractivity contribution is 5.88. The molecule has 0 aromatic heterocycles. The van der Waals surface area contributed by atoms with E-state index in [0.717, 1.165) is 0 Å². The minimum atomic E-state index is -1.14. The van der Waals surface area contributed by atoms with E-state index in [1.54, 1.807) is 12.2 Å². The van der Waals surface area contributed by atoms with Gasteiger partial charge >= 0.3 is 11.9 Å². The lowest BCUT2D eigenvalue weighted by atomic mass is 9.91. The molecule has 0 spiro atoms. The van der Waals surface area contributed by atoms with E-state index in [1.165, 1.54) is 0 Å². The summed E-state index contributed by atoms with van der Waals surface area (Å²) < 4.78 is 10.00. The summed E-state index contributed by atoms with van der Waals surface area (Å²) in [7, 11) is 0. The largest absolute Gasteiger partial charge is 0.451 e. The van der Waals surface area contributed by atoms with Crippen molar-refractivity contribution >= 4 is 11.9 Å². The molecule has 0 atom stereocenters. The Morgan fingerprint density at radius 3 is 2.25 bits per heavy atom. The van der Waals surface area contributed by atoms with Gasteiger partial charge in [0.25, 0.3) is 0 Å². The lowest BCUT2D eigenvalue weighted by molar-refractivity contribution is -0.202. The molecule has 1 heterocycles. The van der Waals surface area contributed by atoms with Crippen molar-refractivity contribution < 1.29 is 19.1 Å². The SMILES string of the molecule is C=CCCC1(CCC=C)OC(=O)COC1=O. The van der Waals surface area contributed by atoms with Crippen LogP contribution in [0.5, 0.6) is 0 Å². The van der Waals surface area contributed by atoms with Crippen molar-refractivity contribution in [1.82, 2.24) is 0 Å². The second-order valence-electron chi connectivity index (χ2n) is 3.70. The Kier molecular flexibility index (Phi) is 4.28. The Labute approximate surface area is 94.9 Å². The van der Waals surface area contributed by atoms with Crippen molar-refractivity contribution in [2.45, 2.75) is 31.3 Å². The van der Waals surface area contributed by atoms with Gasteiger partial charge < -0.3 is 9.47 Å². The van der Waals surface area contributed by atoms with Gasteiger partial charge in [0.1, 0.15) is 0 Å². The average Bonchev–Trinajstić information content (AvgIpc) is 2.28. The number of esters is 2. The Morgan fingerprint density at radius 2 is 1.75 bits per heavy atom. The van der Waals surface area contributed by atoms with Crippen LogP contribution in [0.2, 0.25) is 0 Å². The summed E-state index contributed by atoms with van der Waals surface area (Å²) in [6.45, 7) is 6.89. The summed E-state index contributed by atoms with van der Waals surface area (Å²) in [5.74, 6) is -0.955. The number of carbonyl (C=O) groups is 2. The summed E-state index contributed by atoms with van der Waals surface area (Å²) in [4.78, 5) is 22.9. The van der Waals surface area contributed by atoms with Crippen LogP contribution in [0.25, 0.3) is 0 Å². The second-order valence-corrected chi connectivity index (χ2v) is 3.70. The minimum Gasteiger partial charge on any atom is -0.451 e. The van der Waals surface area contributed by atoms with Gasteiger partial charge in [-0.1, -0.05) is 12.2 Å². The Morgan fingerprint density at radius 1 is 1.19 bits per heavy atom. The molecule has 0 aromatic rings. The highest BCUT2D eigenvalue weighted by Crippen LogP contribution is 2.29. The van der Waals surface area contributed by atoms with Crippen LogP contribution in [0.15, 0.2) is 25.3 Å². The predicted octanol–water partition coefficient (Wildman–Crippen LogP) is 1.76. The molecule has 0 radical (unpaired) electrons. The first-order chi connectivity index (χ1) is 7.64. The molecule has 0 bridgehead atoms. The van der Waals surface area contributed by atoms with Crippen molar-refractivity contribution in [2.24, 2.45) is 0 Å². The van der Waals surface area contributed by atoms with Crippen LogP contribution in [0.3, 0.4) is 0 Å². The monoisotopic (exact) mass is 224 g/mol. The summed E-state index contributed by atoms with van der Waals surface area (Å²) in [5, 5.41) is 0. The fraction of sp³-hybridized carbons (Fsp3) is 0.500. The van der Waals surface area contributed by atoms with E-state index in [2.05, 4.69) is 13.2 Å². The van der Waals surface area contributed by atoms with Crippen molar-refractivity contribution in [1.29, 1.82) is 0 Å². The van der Waals surface area contributed by atoms with E-state index in [4.69, 9.17) is 9.47 Å². The van der Waals surface area contributed by atoms with E-state index in [0.29, 0.717) is 25.7 Å². The van der Waals surface area contributed by atoms with Crippen LogP contribution in [-0.2, 0) is 19.1 Å². The topological polar surface area (TPSA) is 52.6 Å². The number of rotatable bonds is 6. The molecule has 1 aliphatic heterocycles. The molecule has 0 N–H and O–H groups in total. The Hall–Kier alpha value is -1.58. The molecule has 1 saturated heterocycles. The van der Waals surface area contributed by atoms with Gasteiger partial charge in [0.15, 0.2) is 6.61 Å². The first kappa shape index (κ1) is 12.5. The van der Waals surface area contributed by atoms with Crippen LogP contribution in [0, 0.1) is 0 Å². The van der Waals surface area contributed by atoms with E-state index in [1.807, 2.05) is 0 Å². The molecule has 4 heteroatoms. The van der Waals surface area contributed by atoms with Crippen molar-refractivity contribution in [3.8, 4) is 0 Å². The Balaban J connectivity index is 2.80. The molecular weight excluding hydrogens is 208 g/mol. The van der Waals surface area contributed by atoms with Gasteiger partial charge in [0, 0.05) is 12.8 Å². The van der Waals surface area contributed by atoms with Crippen molar-refractivity contribution in [2.75, 3.05) is 6.61 Å². The highest BCUT2D eigenvalue weighted by atomic mass is 16.6. The fourth-order valence-electron chi connectivity index (χ4n) is 1.65. The zero-order valence-electron chi connectivity index (χ0n) is 9.24. The Bertz CT molecular complexity index is 294. The zero-order chi connectivity index (χ0) is 12.0. The summed E-state index contributed by atoms with van der Waals surface area (Å²) in [5.41, 5.74) is -1.14. The van der Waals surface area contributed by atoms with Gasteiger partial charge in [-0.25, -0.2) is 9.59 Å². The standard InChI is InChI=1S/C12H16O4/c1-3-5-7-12(8-6-4-2)11(14)15-9-10(13)16-12/h3-4H,1-2,5-9H2. The van der Waals surface area contributed by atoms with Crippen LogP contribution < -0.4 is 0 Å². The predicted molar refractivity (Wildman–Crippen MR) is 58.6 cm³/mol. The van der Waals surface area contributed by atoms with Crippen LogP contribution in [0.4, 0.5) is 0 Å². The molecule has 0 aromatic carbocycles. The first-order valence-electron chi connectivity index (χ1n) is 5.25. The molecule has 4 nitrogen and oxygen atoms in total. The van der Waals surface area contributed by atoms with Crippen LogP contribution >= 0.6 is 0 Å². The van der Waals surface area contributed by atoms with Gasteiger partial charge in [0.05, 0.1) is 0 Å². The summed E-state index contributed by atoms with van der Waals surface area (Å²) in [6.07, 6.45) is 5.39. The fourth-order valence-corrected chi connectivity index (χ4v) is 1.65. The molecule has 16 heavy (non-hydrogen) atoms. The zero-order valence-corrected chi connectivity index (χ0v) is 9.24. The average molecular weight is 224 g/mol. The second kappa shape index (κ2) is 5.49. The quantitative estimate of drug-likeness (QED) is 0.509. The van der Waals surface area contributed by atoms with Crippen LogP contribution in [0.1, 0.15) is 25.7 Å². The first-order valence-corrected chi connectivity index (χ1v) is 5.25. The molecule has 88 valence electrons. The number of hydrogen-bond donors (Lipinski definition) is 0. The molecule has 0 aliphatic carbocycles. The third-order valence-corrected chi connectivity index (χ3v) is 2.51. The lowest BCUT2D eigenvalue weighted by Crippen LogP contribution is -2.49. The summed E-state index contributed by atoms with van der Waals surface area (Å²) >= 11 is 0. The number of cyclic esters (lactones) is 2. The number of allylic oxidation sites excluding steroid dienone is 2. The maximum atomic E-state index is 11.7. The van der Waals surface area contributed by atoms with E-state index in [-0.39, 0.29) is 6.61 Å². The van der Waals surface area contributed by atoms with E-state index < -0.39 is 17.5 Å². The third kappa shape index (κ3) is 2.72. The van der Waals surface area contributed by atoms with Gasteiger partial charge in [-0.05, 0) is 12.8 Å². The normalized spacial score (nSPS) is 18.5. The highest BCUT2D eigenvalue weighted by Gasteiger charge is 2.46. The minimum absolute atomic E-state index is 0.289. The summed E-state index contributed by atoms with van der Waals surface area (Å²) in [6, 6.07) is 0. The maximum Gasteiger partial charge on any atom is 0.351 e. The number of carbonyl (C=O) groups excluding carboxylic acids is 2. The number of hydrogen-bond acceptors (Lipinski definition) is 4. The van der Waals surface area contributed by atoms with Gasteiger partial charge in [-0.2, -0.15) is 0 Å². The third-order valence-electron chi connectivity index (χ3n) is 2.51. The van der Waals surface area contributed by atoms with Gasteiger partial charge in [-0.3, -0.25) is 0 Å². The molecule has 1 rings (SSSR count). The lowest BCUT2D eigenvalue weighted by Gasteiger charge is -2.34. The van der Waals surface area contributed by atoms with E-state index >= 15 is 0 Å². The van der Waals surface area contributed by atoms with E-state index in [9.17, 15) is 9.59 Å². The molecule has 0 saturated carbocycles. The number of ether oxygens (including phenoxy) is 2. The van der Waals surface area contributed by atoms with Crippen molar-refractivity contribution in [3.63, 3.8) is 0 Å². The molecule has 1 fully saturated rings. The molecular formula is C12H16O4. The van der Waals surface area contributed by atoms with Gasteiger partial charge in [-0.15, -0.1) is 13.2 Å². The molecule has 1 aliphatic rings. The van der Waals surface area contributed by atoms with Crippen molar-refractivity contribution in [3.05, 3.63) is 25.3 Å². The van der Waals surface area contributed by atoms with Crippen LogP contribution in [-0.4, -0.2) is 24.1 Å². The maximum absolute atomic E-state index is 11.7. The molecule has 0 unspecified atom stereocenters. The van der Waals surface area contributed by atoms with Gasteiger partial charge in [0.2, 0.25) is 5.60 Å². The smallest absolute Gasteiger partial charge is 0.351 e.